The fourth-order valence-electron chi connectivity index (χ4n) is 4.04. The minimum atomic E-state index is -0.991. The van der Waals surface area contributed by atoms with Gasteiger partial charge in [-0.2, -0.15) is 0 Å². The zero-order valence-electron chi connectivity index (χ0n) is 20.3. The summed E-state index contributed by atoms with van der Waals surface area (Å²) < 4.78 is 17.3. The summed E-state index contributed by atoms with van der Waals surface area (Å²) in [7, 11) is 3.27. The van der Waals surface area contributed by atoms with Crippen LogP contribution in [0.5, 0.6) is 11.5 Å². The molecule has 0 saturated heterocycles. The highest BCUT2D eigenvalue weighted by Crippen LogP contribution is 2.41. The summed E-state index contributed by atoms with van der Waals surface area (Å²) in [5, 5.41) is 2.86. The van der Waals surface area contributed by atoms with Crippen LogP contribution >= 0.6 is 0 Å². The first-order valence-corrected chi connectivity index (χ1v) is 11.4. The lowest BCUT2D eigenvalue weighted by Crippen LogP contribution is -2.44. The molecule has 0 aliphatic carbocycles. The zero-order chi connectivity index (χ0) is 24.6. The summed E-state index contributed by atoms with van der Waals surface area (Å²) >= 11 is 0. The maximum atomic E-state index is 12.6. The Kier molecular flexibility index (Phi) is 8.68. The van der Waals surface area contributed by atoms with E-state index in [1.165, 1.54) is 0 Å². The molecule has 1 amide bonds. The average molecular weight is 463 g/mol. The summed E-state index contributed by atoms with van der Waals surface area (Å²) in [5.74, 6) is 1.57. The van der Waals surface area contributed by atoms with E-state index in [4.69, 9.17) is 19.9 Å². The second kappa shape index (κ2) is 11.7. The number of nitrogens with two attached hydrogens (primary N) is 1. The lowest BCUT2D eigenvalue weighted by atomic mass is 9.80. The van der Waals surface area contributed by atoms with Crippen molar-refractivity contribution in [3.05, 3.63) is 95.6 Å². The molecule has 1 atom stereocenters. The van der Waals surface area contributed by atoms with Crippen molar-refractivity contribution in [2.24, 2.45) is 11.7 Å². The Hall–Kier alpha value is -3.35. The van der Waals surface area contributed by atoms with Gasteiger partial charge in [0.2, 0.25) is 5.91 Å². The molecule has 180 valence electrons. The maximum Gasteiger partial charge on any atom is 0.238 e. The van der Waals surface area contributed by atoms with Crippen LogP contribution in [0.1, 0.15) is 37.0 Å². The van der Waals surface area contributed by atoms with Crippen molar-refractivity contribution < 1.29 is 19.0 Å². The minimum Gasteiger partial charge on any atom is -0.497 e. The van der Waals surface area contributed by atoms with E-state index in [1.807, 2.05) is 92.7 Å². The van der Waals surface area contributed by atoms with Gasteiger partial charge in [0.1, 0.15) is 23.8 Å². The molecule has 0 radical (unpaired) electrons. The largest absolute Gasteiger partial charge is 0.497 e. The van der Waals surface area contributed by atoms with E-state index < -0.39 is 11.6 Å². The van der Waals surface area contributed by atoms with Crippen LogP contribution in [0.15, 0.2) is 78.9 Å². The fourth-order valence-corrected chi connectivity index (χ4v) is 4.04. The Morgan fingerprint density at radius 3 is 1.74 bits per heavy atom. The van der Waals surface area contributed by atoms with Crippen LogP contribution in [0, 0.1) is 5.92 Å². The number of amides is 1. The Bertz CT molecular complexity index is 987. The second-order valence-electron chi connectivity index (χ2n) is 8.57. The lowest BCUT2D eigenvalue weighted by molar-refractivity contribution is -0.125. The van der Waals surface area contributed by atoms with Crippen molar-refractivity contribution in [1.29, 1.82) is 0 Å². The van der Waals surface area contributed by atoms with Gasteiger partial charge in [-0.1, -0.05) is 68.4 Å². The van der Waals surface area contributed by atoms with Crippen LogP contribution in [-0.4, -0.2) is 32.9 Å². The van der Waals surface area contributed by atoms with Gasteiger partial charge in [-0.15, -0.1) is 0 Å². The highest BCUT2D eigenvalue weighted by molar-refractivity contribution is 5.81. The number of hydrogen-bond acceptors (Lipinski definition) is 5. The molecule has 3 N–H and O–H groups in total. The Labute approximate surface area is 202 Å². The quantitative estimate of drug-likeness (QED) is 0.325. The third kappa shape index (κ3) is 5.76. The molecule has 0 aliphatic heterocycles. The second-order valence-corrected chi connectivity index (χ2v) is 8.57. The molecule has 3 rings (SSSR count). The van der Waals surface area contributed by atoms with E-state index in [1.54, 1.807) is 14.2 Å². The van der Waals surface area contributed by atoms with Crippen molar-refractivity contribution >= 4 is 5.91 Å². The van der Waals surface area contributed by atoms with E-state index in [0.717, 1.165) is 28.2 Å². The molecule has 0 heterocycles. The van der Waals surface area contributed by atoms with E-state index in [-0.39, 0.29) is 12.6 Å². The standard InChI is InChI=1S/C28H34N2O4/c1-20(2)18-26(29)27(31)30-19-34-28(21-8-6-5-7-9-21,22-10-14-24(32-3)15-11-22)23-12-16-25(33-4)17-13-23/h5-17,20,26H,18-19,29H2,1-4H3,(H,30,31)/t26-/m0/s1. The molecule has 6 heteroatoms. The predicted molar refractivity (Wildman–Crippen MR) is 134 cm³/mol. The highest BCUT2D eigenvalue weighted by Gasteiger charge is 2.38. The Morgan fingerprint density at radius 1 is 0.824 bits per heavy atom. The highest BCUT2D eigenvalue weighted by atomic mass is 16.5. The van der Waals surface area contributed by atoms with Crippen molar-refractivity contribution in [2.45, 2.75) is 31.9 Å². The summed E-state index contributed by atoms with van der Waals surface area (Å²) in [6, 6.07) is 24.8. The normalized spacial score (nSPS) is 12.3. The monoisotopic (exact) mass is 462 g/mol. The Balaban J connectivity index is 2.04. The van der Waals surface area contributed by atoms with Gasteiger partial charge in [0.25, 0.3) is 0 Å². The minimum absolute atomic E-state index is 0.0163. The molecular formula is C28H34N2O4. The number of carbonyl (C=O) groups excluding carboxylic acids is 1. The molecule has 3 aromatic carbocycles. The van der Waals surface area contributed by atoms with Crippen molar-refractivity contribution in [2.75, 3.05) is 21.0 Å². The number of methoxy groups -OCH3 is 2. The molecule has 0 aliphatic rings. The summed E-state index contributed by atoms with van der Waals surface area (Å²) in [6.07, 6.45) is 0.604. The van der Waals surface area contributed by atoms with Crippen molar-refractivity contribution in [3.63, 3.8) is 0 Å². The molecule has 0 spiro atoms. The van der Waals surface area contributed by atoms with Gasteiger partial charge in [-0.3, -0.25) is 4.79 Å². The van der Waals surface area contributed by atoms with Crippen LogP contribution in [-0.2, 0) is 15.1 Å². The number of carbonyl (C=O) groups is 1. The molecule has 0 fully saturated rings. The fraction of sp³-hybridized carbons (Fsp3) is 0.321. The van der Waals surface area contributed by atoms with Gasteiger partial charge < -0.3 is 25.3 Å². The van der Waals surface area contributed by atoms with Crippen LogP contribution < -0.4 is 20.5 Å². The topological polar surface area (TPSA) is 82.8 Å². The first kappa shape index (κ1) is 25.3. The number of hydrogen-bond donors (Lipinski definition) is 2. The van der Waals surface area contributed by atoms with Crippen molar-refractivity contribution in [1.82, 2.24) is 5.32 Å². The van der Waals surface area contributed by atoms with Gasteiger partial charge >= 0.3 is 0 Å². The van der Waals surface area contributed by atoms with E-state index in [9.17, 15) is 4.79 Å². The third-order valence-electron chi connectivity index (χ3n) is 5.77. The number of rotatable bonds is 11. The smallest absolute Gasteiger partial charge is 0.238 e. The molecule has 34 heavy (non-hydrogen) atoms. The van der Waals surface area contributed by atoms with Gasteiger partial charge in [-0.25, -0.2) is 0 Å². The first-order chi connectivity index (χ1) is 16.4. The van der Waals surface area contributed by atoms with Crippen LogP contribution in [0.4, 0.5) is 0 Å². The molecule has 6 nitrogen and oxygen atoms in total. The summed E-state index contributed by atoms with van der Waals surface area (Å²) in [4.78, 5) is 12.6. The molecule has 0 saturated carbocycles. The number of benzene rings is 3. The van der Waals surface area contributed by atoms with Gasteiger partial charge in [0, 0.05) is 0 Å². The number of ether oxygens (including phenoxy) is 3. The average Bonchev–Trinajstić information content (AvgIpc) is 2.87. The van der Waals surface area contributed by atoms with Gasteiger partial charge in [0.15, 0.2) is 0 Å². The molecule has 0 unspecified atom stereocenters. The molecule has 0 aromatic heterocycles. The van der Waals surface area contributed by atoms with E-state index in [0.29, 0.717) is 12.3 Å². The summed E-state index contributed by atoms with van der Waals surface area (Å²) in [6.45, 7) is 4.06. The van der Waals surface area contributed by atoms with Gasteiger partial charge in [0.05, 0.1) is 20.3 Å². The van der Waals surface area contributed by atoms with E-state index >= 15 is 0 Å². The Morgan fingerprint density at radius 2 is 1.29 bits per heavy atom. The van der Waals surface area contributed by atoms with Crippen LogP contribution in [0.3, 0.4) is 0 Å². The summed E-state index contributed by atoms with van der Waals surface area (Å²) in [5.41, 5.74) is 7.79. The third-order valence-corrected chi connectivity index (χ3v) is 5.77. The SMILES string of the molecule is COc1ccc(C(OCNC(=O)[C@@H](N)CC(C)C)(c2ccccc2)c2ccc(OC)cc2)cc1. The molecule has 3 aromatic rings. The van der Waals surface area contributed by atoms with Crippen molar-refractivity contribution in [3.8, 4) is 11.5 Å². The lowest BCUT2D eigenvalue weighted by Gasteiger charge is -2.36. The maximum absolute atomic E-state index is 12.6. The molecule has 0 bridgehead atoms. The van der Waals surface area contributed by atoms with Crippen LogP contribution in [0.25, 0.3) is 0 Å². The van der Waals surface area contributed by atoms with E-state index in [2.05, 4.69) is 5.32 Å². The molecular weight excluding hydrogens is 428 g/mol. The zero-order valence-corrected chi connectivity index (χ0v) is 20.3. The van der Waals surface area contributed by atoms with Gasteiger partial charge in [-0.05, 0) is 53.3 Å². The first-order valence-electron chi connectivity index (χ1n) is 11.4. The number of nitrogens with one attached hydrogen (secondary N) is 1. The van der Waals surface area contributed by atoms with Crippen LogP contribution in [0.2, 0.25) is 0 Å². The predicted octanol–water partition coefficient (Wildman–Crippen LogP) is 4.46.